The second-order valence-electron chi connectivity index (χ2n) is 4.97. The largest absolute Gasteiger partial charge is 0.395 e. The zero-order valence-corrected chi connectivity index (χ0v) is 12.7. The number of rotatable bonds is 9. The Morgan fingerprint density at radius 1 is 0.944 bits per heavy atom. The van der Waals surface area contributed by atoms with E-state index in [0.717, 1.165) is 0 Å². The first-order valence-corrected chi connectivity index (χ1v) is 7.89. The third-order valence-electron chi connectivity index (χ3n) is 2.51. The van der Waals surface area contributed by atoms with Gasteiger partial charge in [-0.15, -0.1) is 0 Å². The molecule has 0 aliphatic rings. The Hall–Kier alpha value is -0.170. The van der Waals surface area contributed by atoms with E-state index < -0.39 is 20.3 Å². The Kier molecular flexibility index (Phi) is 8.02. The summed E-state index contributed by atoms with van der Waals surface area (Å²) in [4.78, 5) is 0. The minimum atomic E-state index is -3.44. The molecule has 1 N–H and O–H groups in total. The van der Waals surface area contributed by atoms with Crippen LogP contribution in [0.3, 0.4) is 0 Å². The average molecular weight is 282 g/mol. The zero-order chi connectivity index (χ0) is 14.3. The molecule has 6 heteroatoms. The lowest BCUT2D eigenvalue weighted by Gasteiger charge is -2.23. The molecule has 5 nitrogen and oxygen atoms in total. The molecule has 0 aliphatic heterocycles. The fourth-order valence-electron chi connectivity index (χ4n) is 1.27. The van der Waals surface area contributed by atoms with Crippen LogP contribution < -0.4 is 0 Å². The van der Waals surface area contributed by atoms with Crippen molar-refractivity contribution in [3.63, 3.8) is 0 Å². The Bertz CT molecular complexity index is 298. The van der Waals surface area contributed by atoms with Gasteiger partial charge in [-0.3, -0.25) is 0 Å². The number of ether oxygens (including phenoxy) is 2. The lowest BCUT2D eigenvalue weighted by molar-refractivity contribution is 0.0357. The summed E-state index contributed by atoms with van der Waals surface area (Å²) >= 11 is 0. The van der Waals surface area contributed by atoms with Gasteiger partial charge in [0.15, 0.2) is 9.84 Å². The van der Waals surface area contributed by atoms with Gasteiger partial charge >= 0.3 is 0 Å². The molecule has 0 aromatic carbocycles. The van der Waals surface area contributed by atoms with E-state index in [1.807, 2.05) is 27.7 Å². The number of hydrogen-bond acceptors (Lipinski definition) is 5. The highest BCUT2D eigenvalue weighted by molar-refractivity contribution is 7.92. The molecule has 0 bridgehead atoms. The van der Waals surface area contributed by atoms with Crippen LogP contribution in [0, 0.1) is 0 Å². The molecule has 0 heterocycles. The zero-order valence-electron chi connectivity index (χ0n) is 11.9. The molecule has 0 fully saturated rings. The Morgan fingerprint density at radius 2 is 1.33 bits per heavy atom. The van der Waals surface area contributed by atoms with E-state index in [1.165, 1.54) is 6.92 Å². The first-order valence-electron chi connectivity index (χ1n) is 6.28. The lowest BCUT2D eigenvalue weighted by atomic mass is 10.4. The predicted octanol–water partition coefficient (Wildman–Crippen LogP) is 1.00. The van der Waals surface area contributed by atoms with E-state index in [1.54, 1.807) is 0 Å². The van der Waals surface area contributed by atoms with Crippen molar-refractivity contribution in [2.75, 3.05) is 19.8 Å². The van der Waals surface area contributed by atoms with Gasteiger partial charge in [0.05, 0.1) is 37.3 Å². The minimum absolute atomic E-state index is 0.0359. The van der Waals surface area contributed by atoms with Crippen molar-refractivity contribution in [3.8, 4) is 0 Å². The van der Waals surface area contributed by atoms with Gasteiger partial charge in [-0.05, 0) is 34.6 Å². The van der Waals surface area contributed by atoms with E-state index in [0.29, 0.717) is 0 Å². The first-order chi connectivity index (χ1) is 8.21. The monoisotopic (exact) mass is 282 g/mol. The maximum atomic E-state index is 12.2. The summed E-state index contributed by atoms with van der Waals surface area (Å²) in [6, 6.07) is 0. The molecule has 0 unspecified atom stereocenters. The Morgan fingerprint density at radius 3 is 1.61 bits per heavy atom. The summed E-state index contributed by atoms with van der Waals surface area (Å²) in [7, 11) is -3.44. The van der Waals surface area contributed by atoms with Crippen LogP contribution in [0.2, 0.25) is 0 Å². The normalized spacial score (nSPS) is 14.7. The minimum Gasteiger partial charge on any atom is -0.395 e. The van der Waals surface area contributed by atoms with Gasteiger partial charge in [0.25, 0.3) is 0 Å². The van der Waals surface area contributed by atoms with Crippen LogP contribution in [0.1, 0.15) is 34.6 Å². The van der Waals surface area contributed by atoms with Crippen LogP contribution in [0.25, 0.3) is 0 Å². The Balaban J connectivity index is 4.73. The van der Waals surface area contributed by atoms with Crippen molar-refractivity contribution in [2.45, 2.75) is 57.3 Å². The number of hydrogen-bond donors (Lipinski definition) is 1. The number of aliphatic hydroxyl groups is 1. The van der Waals surface area contributed by atoms with Gasteiger partial charge < -0.3 is 14.6 Å². The summed E-state index contributed by atoms with van der Waals surface area (Å²) in [5.41, 5.74) is 0. The van der Waals surface area contributed by atoms with Crippen molar-refractivity contribution in [2.24, 2.45) is 0 Å². The van der Waals surface area contributed by atoms with Crippen molar-refractivity contribution < 1.29 is 23.0 Å². The highest BCUT2D eigenvalue weighted by atomic mass is 32.2. The third-order valence-corrected chi connectivity index (χ3v) is 4.99. The molecule has 0 saturated heterocycles. The van der Waals surface area contributed by atoms with E-state index in [4.69, 9.17) is 14.6 Å². The molecule has 0 aliphatic carbocycles. The van der Waals surface area contributed by atoms with Crippen molar-refractivity contribution in [3.05, 3.63) is 0 Å². The highest BCUT2D eigenvalue weighted by Crippen LogP contribution is 2.12. The summed E-state index contributed by atoms with van der Waals surface area (Å²) < 4.78 is 35.1. The molecule has 0 saturated carbocycles. The summed E-state index contributed by atoms with van der Waals surface area (Å²) in [5, 5.41) is 7.48. The van der Waals surface area contributed by atoms with Crippen LogP contribution in [0.5, 0.6) is 0 Å². The Labute approximate surface area is 110 Å². The van der Waals surface area contributed by atoms with Crippen molar-refractivity contribution in [1.82, 2.24) is 0 Å². The van der Waals surface area contributed by atoms with Crippen LogP contribution in [0.15, 0.2) is 0 Å². The topological polar surface area (TPSA) is 72.8 Å². The molecule has 110 valence electrons. The second kappa shape index (κ2) is 8.09. The van der Waals surface area contributed by atoms with Crippen LogP contribution in [-0.4, -0.2) is 56.1 Å². The molecular weight excluding hydrogens is 256 g/mol. The fraction of sp³-hybridized carbons (Fsp3) is 1.00. The fourth-order valence-corrected chi connectivity index (χ4v) is 2.67. The van der Waals surface area contributed by atoms with Gasteiger partial charge in [0.1, 0.15) is 5.25 Å². The van der Waals surface area contributed by atoms with Crippen LogP contribution >= 0.6 is 0 Å². The molecule has 18 heavy (non-hydrogen) atoms. The second-order valence-corrected chi connectivity index (χ2v) is 7.62. The van der Waals surface area contributed by atoms with Gasteiger partial charge in [0.2, 0.25) is 0 Å². The summed E-state index contributed by atoms with van der Waals surface area (Å²) in [6.07, 6.45) is -0.0719. The first kappa shape index (κ1) is 17.8. The molecule has 0 aromatic heterocycles. The van der Waals surface area contributed by atoms with Crippen LogP contribution in [-0.2, 0) is 19.3 Å². The van der Waals surface area contributed by atoms with Gasteiger partial charge in [-0.25, -0.2) is 8.42 Å². The summed E-state index contributed by atoms with van der Waals surface area (Å²) in [6.45, 7) is 8.69. The smallest absolute Gasteiger partial charge is 0.162 e. The SMILES string of the molecule is CC(C)OCC(COC(C)C)S(=O)(=O)[C@@H](C)CO. The van der Waals surface area contributed by atoms with Crippen molar-refractivity contribution in [1.29, 1.82) is 0 Å². The van der Waals surface area contributed by atoms with Crippen molar-refractivity contribution >= 4 is 9.84 Å². The molecule has 0 radical (unpaired) electrons. The highest BCUT2D eigenvalue weighted by Gasteiger charge is 2.31. The molecular formula is C12H26O5S. The molecule has 1 atom stereocenters. The number of sulfone groups is 1. The van der Waals surface area contributed by atoms with E-state index in [-0.39, 0.29) is 32.0 Å². The van der Waals surface area contributed by atoms with Gasteiger partial charge in [0, 0.05) is 0 Å². The van der Waals surface area contributed by atoms with Crippen LogP contribution in [0.4, 0.5) is 0 Å². The standard InChI is InChI=1S/C12H26O5S/c1-9(2)16-7-12(8-17-10(3)4)18(14,15)11(5)6-13/h9-13H,6-8H2,1-5H3/t11-/m0/s1. The predicted molar refractivity (Wildman–Crippen MR) is 71.4 cm³/mol. The maximum Gasteiger partial charge on any atom is 0.162 e. The van der Waals surface area contributed by atoms with E-state index in [9.17, 15) is 8.42 Å². The maximum absolute atomic E-state index is 12.2. The molecule has 0 aromatic rings. The lowest BCUT2D eigenvalue weighted by Crippen LogP contribution is -2.39. The van der Waals surface area contributed by atoms with E-state index >= 15 is 0 Å². The summed E-state index contributed by atoms with van der Waals surface area (Å²) in [5.74, 6) is 0. The van der Waals surface area contributed by atoms with Gasteiger partial charge in [-0.2, -0.15) is 0 Å². The van der Waals surface area contributed by atoms with Gasteiger partial charge in [-0.1, -0.05) is 0 Å². The van der Waals surface area contributed by atoms with E-state index in [2.05, 4.69) is 0 Å². The molecule has 0 rings (SSSR count). The number of aliphatic hydroxyl groups excluding tert-OH is 1. The quantitative estimate of drug-likeness (QED) is 0.683. The average Bonchev–Trinajstić information content (AvgIpc) is 2.26. The molecule has 0 amide bonds. The third kappa shape index (κ3) is 6.13. The molecule has 0 spiro atoms.